The van der Waals surface area contributed by atoms with Gasteiger partial charge in [-0.2, -0.15) is 0 Å². The van der Waals surface area contributed by atoms with Crippen LogP contribution in [0.4, 0.5) is 5.69 Å². The number of hydrogen-bond donors (Lipinski definition) is 1. The number of carbonyl (C=O) groups is 1. The molecular weight excluding hydrogens is 428 g/mol. The van der Waals surface area contributed by atoms with Crippen LogP contribution in [-0.4, -0.2) is 11.1 Å². The Kier molecular flexibility index (Phi) is 6.44. The number of hydrogen-bond acceptors (Lipinski definition) is 4. The van der Waals surface area contributed by atoms with E-state index in [0.29, 0.717) is 21.7 Å². The smallest absolute Gasteiger partial charge is 0.264 e. The molecule has 0 bridgehead atoms. The first-order chi connectivity index (χ1) is 15.0. The van der Waals surface area contributed by atoms with Crippen LogP contribution < -0.4 is 10.1 Å². The van der Waals surface area contributed by atoms with Crippen molar-refractivity contribution in [2.24, 2.45) is 4.99 Å². The number of aliphatic imine (C=N–C) groups is 1. The maximum Gasteiger partial charge on any atom is 0.264 e. The molecule has 4 rings (SSSR count). The number of amidine groups is 1. The lowest BCUT2D eigenvalue weighted by molar-refractivity contribution is -0.115. The lowest BCUT2D eigenvalue weighted by atomic mass is 10.1. The predicted octanol–water partition coefficient (Wildman–Crippen LogP) is 6.43. The fourth-order valence-electron chi connectivity index (χ4n) is 3.11. The number of nitrogens with zero attached hydrogens (tertiary/aromatic N) is 1. The highest BCUT2D eigenvalue weighted by Crippen LogP contribution is 2.30. The lowest BCUT2D eigenvalue weighted by Crippen LogP contribution is -2.19. The van der Waals surface area contributed by atoms with E-state index < -0.39 is 0 Å². The summed E-state index contributed by atoms with van der Waals surface area (Å²) in [7, 11) is 0. The molecule has 3 aromatic carbocycles. The number of ether oxygens (including phenoxy) is 1. The van der Waals surface area contributed by atoms with Crippen LogP contribution in [0.5, 0.6) is 5.75 Å². The Bertz CT molecular complexity index is 1190. The van der Waals surface area contributed by atoms with Gasteiger partial charge in [0.2, 0.25) is 0 Å². The van der Waals surface area contributed by atoms with E-state index in [1.165, 1.54) is 17.3 Å². The summed E-state index contributed by atoms with van der Waals surface area (Å²) in [6.07, 6.45) is 1.85. The summed E-state index contributed by atoms with van der Waals surface area (Å²) in [6, 6.07) is 21.3. The van der Waals surface area contributed by atoms with Gasteiger partial charge in [0.25, 0.3) is 5.91 Å². The van der Waals surface area contributed by atoms with Crippen molar-refractivity contribution in [3.05, 3.63) is 98.9 Å². The third-order valence-electron chi connectivity index (χ3n) is 4.70. The van der Waals surface area contributed by atoms with Gasteiger partial charge < -0.3 is 10.1 Å². The van der Waals surface area contributed by atoms with Crippen molar-refractivity contribution in [1.29, 1.82) is 0 Å². The number of halogens is 1. The summed E-state index contributed by atoms with van der Waals surface area (Å²) >= 11 is 7.26. The maximum absolute atomic E-state index is 12.4. The quantitative estimate of drug-likeness (QED) is 0.457. The molecule has 0 spiro atoms. The third-order valence-corrected chi connectivity index (χ3v) is 5.86. The fraction of sp³-hybridized carbons (Fsp3) is 0.120. The Morgan fingerprint density at radius 2 is 1.87 bits per heavy atom. The van der Waals surface area contributed by atoms with Crippen molar-refractivity contribution in [1.82, 2.24) is 5.32 Å². The van der Waals surface area contributed by atoms with E-state index >= 15 is 0 Å². The number of nitrogens with one attached hydrogen (secondary N) is 1. The van der Waals surface area contributed by atoms with E-state index in [9.17, 15) is 4.79 Å². The molecule has 6 heteroatoms. The molecule has 0 aliphatic carbocycles. The normalized spacial score (nSPS) is 16.0. The van der Waals surface area contributed by atoms with Crippen LogP contribution >= 0.6 is 23.4 Å². The standard InChI is InChI=1S/C25H21ClN2O2S/c1-16-6-11-22(17(2)12-16)27-25-28-24(29)23(31-25)14-19-4-3-5-21(13-19)30-15-18-7-9-20(26)10-8-18/h3-14H,15H2,1-2H3,(H,27,28,29)/b23-14+. The highest BCUT2D eigenvalue weighted by molar-refractivity contribution is 8.18. The monoisotopic (exact) mass is 448 g/mol. The largest absolute Gasteiger partial charge is 0.489 e. The summed E-state index contributed by atoms with van der Waals surface area (Å²) in [5, 5.41) is 4.13. The van der Waals surface area contributed by atoms with Crippen molar-refractivity contribution in [2.45, 2.75) is 20.5 Å². The van der Waals surface area contributed by atoms with Gasteiger partial charge in [0, 0.05) is 5.02 Å². The van der Waals surface area contributed by atoms with E-state index in [2.05, 4.69) is 16.4 Å². The highest BCUT2D eigenvalue weighted by Gasteiger charge is 2.24. The molecule has 1 aliphatic rings. The van der Waals surface area contributed by atoms with Crippen LogP contribution in [0, 0.1) is 13.8 Å². The van der Waals surface area contributed by atoms with Gasteiger partial charge in [-0.15, -0.1) is 0 Å². The molecule has 0 saturated carbocycles. The third kappa shape index (κ3) is 5.57. The molecule has 31 heavy (non-hydrogen) atoms. The topological polar surface area (TPSA) is 50.7 Å². The summed E-state index contributed by atoms with van der Waals surface area (Å²) < 4.78 is 5.88. The zero-order chi connectivity index (χ0) is 21.8. The average Bonchev–Trinajstić information content (AvgIpc) is 3.09. The number of aryl methyl sites for hydroxylation is 2. The second kappa shape index (κ2) is 9.41. The van der Waals surface area contributed by atoms with E-state index in [4.69, 9.17) is 16.3 Å². The van der Waals surface area contributed by atoms with Gasteiger partial charge in [0.1, 0.15) is 12.4 Å². The summed E-state index contributed by atoms with van der Waals surface area (Å²) in [4.78, 5) is 17.6. The molecule has 4 nitrogen and oxygen atoms in total. The van der Waals surface area contributed by atoms with Crippen LogP contribution in [0.15, 0.2) is 76.6 Å². The minimum Gasteiger partial charge on any atom is -0.489 e. The Balaban J connectivity index is 1.47. The number of carbonyl (C=O) groups excluding carboxylic acids is 1. The van der Waals surface area contributed by atoms with Crippen LogP contribution in [0.25, 0.3) is 6.08 Å². The zero-order valence-electron chi connectivity index (χ0n) is 17.2. The van der Waals surface area contributed by atoms with Crippen molar-refractivity contribution in [3.8, 4) is 5.75 Å². The summed E-state index contributed by atoms with van der Waals surface area (Å²) in [5.41, 5.74) is 5.03. The molecule has 1 heterocycles. The SMILES string of the molecule is Cc1ccc(N=C2NC(=O)/C(=C\c3cccc(OCc4ccc(Cl)cc4)c3)S2)c(C)c1. The predicted molar refractivity (Wildman–Crippen MR) is 129 cm³/mol. The van der Waals surface area contributed by atoms with Gasteiger partial charge >= 0.3 is 0 Å². The Labute approximate surface area is 191 Å². The Morgan fingerprint density at radius 3 is 2.65 bits per heavy atom. The average molecular weight is 449 g/mol. The first kappa shape index (κ1) is 21.2. The maximum atomic E-state index is 12.4. The molecule has 1 saturated heterocycles. The minimum absolute atomic E-state index is 0.152. The molecule has 3 aromatic rings. The fourth-order valence-corrected chi connectivity index (χ4v) is 4.07. The second-order valence-electron chi connectivity index (χ2n) is 7.26. The van der Waals surface area contributed by atoms with E-state index in [1.807, 2.05) is 80.6 Å². The van der Waals surface area contributed by atoms with Crippen molar-refractivity contribution >= 4 is 46.2 Å². The Hall–Kier alpha value is -3.02. The van der Waals surface area contributed by atoms with Crippen molar-refractivity contribution in [2.75, 3.05) is 0 Å². The number of thioether (sulfide) groups is 1. The highest BCUT2D eigenvalue weighted by atomic mass is 35.5. The summed E-state index contributed by atoms with van der Waals surface area (Å²) in [5.74, 6) is 0.581. The number of benzene rings is 3. The van der Waals surface area contributed by atoms with Gasteiger partial charge in [0.15, 0.2) is 5.17 Å². The zero-order valence-corrected chi connectivity index (χ0v) is 18.8. The summed E-state index contributed by atoms with van der Waals surface area (Å²) in [6.45, 7) is 4.50. The Morgan fingerprint density at radius 1 is 1.06 bits per heavy atom. The van der Waals surface area contributed by atoms with Crippen LogP contribution in [0.2, 0.25) is 5.02 Å². The number of amides is 1. The van der Waals surface area contributed by atoms with Gasteiger partial charge in [-0.3, -0.25) is 4.79 Å². The van der Waals surface area contributed by atoms with Crippen molar-refractivity contribution in [3.63, 3.8) is 0 Å². The van der Waals surface area contributed by atoms with E-state index in [0.717, 1.165) is 28.1 Å². The first-order valence-corrected chi connectivity index (χ1v) is 11.0. The van der Waals surface area contributed by atoms with Gasteiger partial charge in [-0.1, -0.05) is 53.6 Å². The van der Waals surface area contributed by atoms with Crippen LogP contribution in [0.3, 0.4) is 0 Å². The molecule has 1 N–H and O–H groups in total. The first-order valence-electron chi connectivity index (χ1n) is 9.80. The van der Waals surface area contributed by atoms with E-state index in [-0.39, 0.29) is 5.91 Å². The molecule has 1 amide bonds. The second-order valence-corrected chi connectivity index (χ2v) is 8.73. The molecule has 1 fully saturated rings. The molecule has 0 aromatic heterocycles. The van der Waals surface area contributed by atoms with Gasteiger partial charge in [0.05, 0.1) is 10.6 Å². The number of rotatable bonds is 5. The molecule has 0 atom stereocenters. The van der Waals surface area contributed by atoms with Crippen molar-refractivity contribution < 1.29 is 9.53 Å². The van der Waals surface area contributed by atoms with Crippen LogP contribution in [-0.2, 0) is 11.4 Å². The van der Waals surface area contributed by atoms with Gasteiger partial charge in [-0.25, -0.2) is 4.99 Å². The molecular formula is C25H21ClN2O2S. The molecule has 0 unspecified atom stereocenters. The van der Waals surface area contributed by atoms with Gasteiger partial charge in [-0.05, 0) is 78.7 Å². The van der Waals surface area contributed by atoms with E-state index in [1.54, 1.807) is 0 Å². The molecule has 0 radical (unpaired) electrons. The van der Waals surface area contributed by atoms with Crippen LogP contribution in [0.1, 0.15) is 22.3 Å². The lowest BCUT2D eigenvalue weighted by Gasteiger charge is -2.07. The minimum atomic E-state index is -0.152. The molecule has 156 valence electrons. The molecule has 1 aliphatic heterocycles.